The molecule has 1 aliphatic heterocycles. The number of carbonyl (C=O) groups is 2. The average Bonchev–Trinajstić information content (AvgIpc) is 2.16. The Labute approximate surface area is 83.9 Å². The number of carboxylic acids is 1. The van der Waals surface area contributed by atoms with Gasteiger partial charge in [0.05, 0.1) is 0 Å². The molecule has 4 nitrogen and oxygen atoms in total. The number of hydrogen-bond donors (Lipinski definition) is 1. The molecule has 4 heteroatoms. The van der Waals surface area contributed by atoms with Crippen molar-refractivity contribution in [2.24, 2.45) is 5.92 Å². The highest BCUT2D eigenvalue weighted by atomic mass is 16.4. The van der Waals surface area contributed by atoms with Crippen LogP contribution in [-0.2, 0) is 9.59 Å². The minimum Gasteiger partial charge on any atom is -0.480 e. The van der Waals surface area contributed by atoms with Crippen LogP contribution in [0.4, 0.5) is 0 Å². The van der Waals surface area contributed by atoms with E-state index in [1.54, 1.807) is 13.8 Å². The molecule has 1 atom stereocenters. The SMILES string of the molecule is CC(C)C(=O)N1CCCC[C@H]1C(=O)O. The first-order valence-electron chi connectivity index (χ1n) is 5.07. The van der Waals surface area contributed by atoms with E-state index in [1.165, 1.54) is 4.90 Å². The van der Waals surface area contributed by atoms with Gasteiger partial charge in [-0.25, -0.2) is 4.79 Å². The second kappa shape index (κ2) is 4.44. The predicted molar refractivity (Wildman–Crippen MR) is 51.8 cm³/mol. The van der Waals surface area contributed by atoms with Crippen molar-refractivity contribution in [3.63, 3.8) is 0 Å². The molecule has 1 aliphatic rings. The lowest BCUT2D eigenvalue weighted by Crippen LogP contribution is -2.49. The molecule has 0 spiro atoms. The molecule has 0 aromatic heterocycles. The van der Waals surface area contributed by atoms with Gasteiger partial charge in [0.25, 0.3) is 0 Å². The number of aliphatic carboxylic acids is 1. The number of carbonyl (C=O) groups excluding carboxylic acids is 1. The van der Waals surface area contributed by atoms with Crippen molar-refractivity contribution in [3.05, 3.63) is 0 Å². The summed E-state index contributed by atoms with van der Waals surface area (Å²) in [6.45, 7) is 4.19. The zero-order valence-corrected chi connectivity index (χ0v) is 8.69. The molecule has 0 saturated carbocycles. The van der Waals surface area contributed by atoms with Crippen molar-refractivity contribution in [1.82, 2.24) is 4.90 Å². The zero-order chi connectivity index (χ0) is 10.7. The minimum atomic E-state index is -0.876. The first kappa shape index (κ1) is 11.0. The zero-order valence-electron chi connectivity index (χ0n) is 8.69. The highest BCUT2D eigenvalue weighted by Crippen LogP contribution is 2.19. The van der Waals surface area contributed by atoms with Crippen LogP contribution >= 0.6 is 0 Å². The van der Waals surface area contributed by atoms with Crippen LogP contribution in [0.1, 0.15) is 33.1 Å². The first-order chi connectivity index (χ1) is 6.54. The Morgan fingerprint density at radius 2 is 2.00 bits per heavy atom. The van der Waals surface area contributed by atoms with Crippen LogP contribution in [0, 0.1) is 5.92 Å². The van der Waals surface area contributed by atoms with Crippen LogP contribution in [0.5, 0.6) is 0 Å². The van der Waals surface area contributed by atoms with Crippen LogP contribution in [0.15, 0.2) is 0 Å². The van der Waals surface area contributed by atoms with Crippen LogP contribution in [0.25, 0.3) is 0 Å². The van der Waals surface area contributed by atoms with Gasteiger partial charge in [-0.15, -0.1) is 0 Å². The fourth-order valence-corrected chi connectivity index (χ4v) is 1.78. The Hall–Kier alpha value is -1.06. The summed E-state index contributed by atoms with van der Waals surface area (Å²) in [5.41, 5.74) is 0. The molecule has 0 bridgehead atoms. The fourth-order valence-electron chi connectivity index (χ4n) is 1.78. The summed E-state index contributed by atoms with van der Waals surface area (Å²) in [5.74, 6) is -1.04. The summed E-state index contributed by atoms with van der Waals surface area (Å²) in [6, 6.07) is -0.598. The van der Waals surface area contributed by atoms with Gasteiger partial charge >= 0.3 is 5.97 Å². The maximum atomic E-state index is 11.7. The minimum absolute atomic E-state index is 0.0444. The smallest absolute Gasteiger partial charge is 0.326 e. The summed E-state index contributed by atoms with van der Waals surface area (Å²) < 4.78 is 0. The molecule has 0 aromatic rings. The Kier molecular flexibility index (Phi) is 3.49. The first-order valence-corrected chi connectivity index (χ1v) is 5.07. The number of carboxylic acid groups (broad SMARTS) is 1. The molecule has 0 unspecified atom stereocenters. The van der Waals surface area contributed by atoms with Crippen molar-refractivity contribution in [1.29, 1.82) is 0 Å². The number of amides is 1. The van der Waals surface area contributed by atoms with Gasteiger partial charge in [0.2, 0.25) is 5.91 Å². The summed E-state index contributed by atoms with van der Waals surface area (Å²) in [6.07, 6.45) is 2.41. The molecule has 1 amide bonds. The molecule has 0 aliphatic carbocycles. The molecule has 0 radical (unpaired) electrons. The summed E-state index contributed by atoms with van der Waals surface area (Å²) >= 11 is 0. The van der Waals surface area contributed by atoms with Gasteiger partial charge in [-0.3, -0.25) is 4.79 Å². The van der Waals surface area contributed by atoms with Crippen molar-refractivity contribution in [3.8, 4) is 0 Å². The Morgan fingerprint density at radius 1 is 1.36 bits per heavy atom. The molecule has 1 rings (SSSR count). The van der Waals surface area contributed by atoms with Gasteiger partial charge in [-0.2, -0.15) is 0 Å². The fraction of sp³-hybridized carbons (Fsp3) is 0.800. The number of likely N-dealkylation sites (tertiary alicyclic amines) is 1. The highest BCUT2D eigenvalue weighted by Gasteiger charge is 2.32. The number of rotatable bonds is 2. The topological polar surface area (TPSA) is 57.6 Å². The van der Waals surface area contributed by atoms with E-state index in [4.69, 9.17) is 5.11 Å². The largest absolute Gasteiger partial charge is 0.480 e. The number of nitrogens with zero attached hydrogens (tertiary/aromatic N) is 1. The van der Waals surface area contributed by atoms with E-state index in [-0.39, 0.29) is 11.8 Å². The van der Waals surface area contributed by atoms with Gasteiger partial charge in [0.15, 0.2) is 0 Å². The third-order valence-electron chi connectivity index (χ3n) is 2.56. The standard InChI is InChI=1S/C10H17NO3/c1-7(2)9(12)11-6-4-3-5-8(11)10(13)14/h7-8H,3-6H2,1-2H3,(H,13,14)/t8-/m0/s1. The molecule has 14 heavy (non-hydrogen) atoms. The maximum Gasteiger partial charge on any atom is 0.326 e. The molecule has 1 saturated heterocycles. The Morgan fingerprint density at radius 3 is 2.50 bits per heavy atom. The molecular weight excluding hydrogens is 182 g/mol. The van der Waals surface area contributed by atoms with E-state index in [9.17, 15) is 9.59 Å². The quantitative estimate of drug-likeness (QED) is 0.724. The summed E-state index contributed by atoms with van der Waals surface area (Å²) in [5, 5.41) is 8.95. The van der Waals surface area contributed by atoms with Gasteiger partial charge < -0.3 is 10.0 Å². The average molecular weight is 199 g/mol. The molecule has 0 aromatic carbocycles. The van der Waals surface area contributed by atoms with Crippen LogP contribution in [0.3, 0.4) is 0 Å². The lowest BCUT2D eigenvalue weighted by Gasteiger charge is -2.34. The summed E-state index contributed by atoms with van der Waals surface area (Å²) in [7, 11) is 0. The second-order valence-electron chi connectivity index (χ2n) is 4.04. The highest BCUT2D eigenvalue weighted by molar-refractivity contribution is 5.84. The molecular formula is C10H17NO3. The number of hydrogen-bond acceptors (Lipinski definition) is 2. The summed E-state index contributed by atoms with van der Waals surface area (Å²) in [4.78, 5) is 24.1. The second-order valence-corrected chi connectivity index (χ2v) is 4.04. The van der Waals surface area contributed by atoms with E-state index in [0.717, 1.165) is 12.8 Å². The monoisotopic (exact) mass is 199 g/mol. The third-order valence-corrected chi connectivity index (χ3v) is 2.56. The van der Waals surface area contributed by atoms with Crippen molar-refractivity contribution in [2.75, 3.05) is 6.54 Å². The van der Waals surface area contributed by atoms with Crippen LogP contribution in [0.2, 0.25) is 0 Å². The molecule has 80 valence electrons. The number of piperidine rings is 1. The van der Waals surface area contributed by atoms with Gasteiger partial charge in [0.1, 0.15) is 6.04 Å². The van der Waals surface area contributed by atoms with E-state index >= 15 is 0 Å². The Bertz CT molecular complexity index is 238. The van der Waals surface area contributed by atoms with Gasteiger partial charge in [-0.05, 0) is 19.3 Å². The van der Waals surface area contributed by atoms with Crippen molar-refractivity contribution < 1.29 is 14.7 Å². The van der Waals surface area contributed by atoms with Crippen molar-refractivity contribution in [2.45, 2.75) is 39.2 Å². The lowest BCUT2D eigenvalue weighted by molar-refractivity contribution is -0.153. The third kappa shape index (κ3) is 2.25. The van der Waals surface area contributed by atoms with E-state index < -0.39 is 12.0 Å². The van der Waals surface area contributed by atoms with E-state index in [0.29, 0.717) is 13.0 Å². The van der Waals surface area contributed by atoms with Crippen molar-refractivity contribution >= 4 is 11.9 Å². The molecule has 1 N–H and O–H groups in total. The van der Waals surface area contributed by atoms with E-state index in [1.807, 2.05) is 0 Å². The normalized spacial score (nSPS) is 22.5. The molecule has 1 fully saturated rings. The van der Waals surface area contributed by atoms with Crippen LogP contribution < -0.4 is 0 Å². The maximum absolute atomic E-state index is 11.7. The molecule has 1 heterocycles. The van der Waals surface area contributed by atoms with Crippen LogP contribution in [-0.4, -0.2) is 34.5 Å². The Balaban J connectivity index is 2.72. The lowest BCUT2D eigenvalue weighted by atomic mass is 10.0. The van der Waals surface area contributed by atoms with Gasteiger partial charge in [0, 0.05) is 12.5 Å². The van der Waals surface area contributed by atoms with E-state index in [2.05, 4.69) is 0 Å². The predicted octanol–water partition coefficient (Wildman–Crippen LogP) is 1.11. The van der Waals surface area contributed by atoms with Gasteiger partial charge in [-0.1, -0.05) is 13.8 Å².